The fraction of sp³-hybridized carbons (Fsp3) is 0.333. The first kappa shape index (κ1) is 14.2. The molecule has 1 rings (SSSR count). The first-order valence-electron chi connectivity index (χ1n) is 5.12. The summed E-state index contributed by atoms with van der Waals surface area (Å²) < 4.78 is 44.3. The van der Waals surface area contributed by atoms with E-state index in [4.69, 9.17) is 0 Å². The minimum atomic E-state index is -4.78. The van der Waals surface area contributed by atoms with E-state index in [1.54, 1.807) is 0 Å². The Labute approximate surface area is 102 Å². The number of ether oxygens (including phenoxy) is 1. The second-order valence-corrected chi connectivity index (χ2v) is 3.63. The number of halogens is 3. The van der Waals surface area contributed by atoms with Crippen LogP contribution in [0.4, 0.5) is 13.2 Å². The number of carbonyl (C=O) groups excluding carboxylic acids is 1. The average Bonchev–Trinajstić information content (AvgIpc) is 2.27. The fourth-order valence-corrected chi connectivity index (χ4v) is 1.57. The molecule has 1 heterocycles. The third-order valence-corrected chi connectivity index (χ3v) is 2.29. The SMILES string of the molecule is C=CCC(OC(C)=O)(c1ccccn1)C(F)(F)F. The van der Waals surface area contributed by atoms with Crippen LogP contribution < -0.4 is 0 Å². The molecular weight excluding hydrogens is 247 g/mol. The number of alkyl halides is 3. The van der Waals surface area contributed by atoms with Crippen molar-refractivity contribution < 1.29 is 22.7 Å². The van der Waals surface area contributed by atoms with Crippen molar-refractivity contribution in [1.82, 2.24) is 4.98 Å². The van der Waals surface area contributed by atoms with Crippen LogP contribution in [0, 0.1) is 0 Å². The molecular formula is C12H12F3NO2. The lowest BCUT2D eigenvalue weighted by Gasteiger charge is -2.33. The zero-order valence-electron chi connectivity index (χ0n) is 9.70. The van der Waals surface area contributed by atoms with Crippen molar-refractivity contribution in [2.75, 3.05) is 0 Å². The number of esters is 1. The van der Waals surface area contributed by atoms with Crippen LogP contribution in [0.15, 0.2) is 37.1 Å². The monoisotopic (exact) mass is 259 g/mol. The van der Waals surface area contributed by atoms with E-state index in [1.165, 1.54) is 24.4 Å². The molecule has 6 heteroatoms. The van der Waals surface area contributed by atoms with Gasteiger partial charge in [-0.15, -0.1) is 6.58 Å². The third-order valence-electron chi connectivity index (χ3n) is 2.29. The summed E-state index contributed by atoms with van der Waals surface area (Å²) in [5.74, 6) is -1.03. The molecule has 0 aliphatic heterocycles. The fourth-order valence-electron chi connectivity index (χ4n) is 1.57. The molecule has 1 atom stereocenters. The van der Waals surface area contributed by atoms with E-state index in [2.05, 4.69) is 16.3 Å². The molecule has 0 amide bonds. The van der Waals surface area contributed by atoms with Gasteiger partial charge in [-0.1, -0.05) is 12.1 Å². The Hall–Kier alpha value is -1.85. The molecule has 0 aromatic carbocycles. The molecule has 18 heavy (non-hydrogen) atoms. The highest BCUT2D eigenvalue weighted by Crippen LogP contribution is 2.44. The van der Waals surface area contributed by atoms with Gasteiger partial charge in [0.05, 0.1) is 5.69 Å². The van der Waals surface area contributed by atoms with E-state index in [9.17, 15) is 18.0 Å². The van der Waals surface area contributed by atoms with Crippen molar-refractivity contribution >= 4 is 5.97 Å². The minimum absolute atomic E-state index is 0.368. The van der Waals surface area contributed by atoms with E-state index in [0.717, 1.165) is 13.0 Å². The summed E-state index contributed by atoms with van der Waals surface area (Å²) >= 11 is 0. The van der Waals surface area contributed by atoms with Gasteiger partial charge in [-0.05, 0) is 12.1 Å². The summed E-state index contributed by atoms with van der Waals surface area (Å²) in [5.41, 5.74) is -3.14. The average molecular weight is 259 g/mol. The molecule has 0 aliphatic rings. The van der Waals surface area contributed by atoms with Crippen LogP contribution in [0.2, 0.25) is 0 Å². The minimum Gasteiger partial charge on any atom is -0.443 e. The number of rotatable bonds is 4. The zero-order valence-corrected chi connectivity index (χ0v) is 9.70. The number of carbonyl (C=O) groups is 1. The Balaban J connectivity index is 3.38. The second-order valence-electron chi connectivity index (χ2n) is 3.63. The number of hydrogen-bond donors (Lipinski definition) is 0. The molecule has 98 valence electrons. The molecule has 3 nitrogen and oxygen atoms in total. The summed E-state index contributed by atoms with van der Waals surface area (Å²) in [6.07, 6.45) is -3.11. The smallest absolute Gasteiger partial charge is 0.434 e. The molecule has 0 N–H and O–H groups in total. The standard InChI is InChI=1S/C12H12F3NO2/c1-3-7-11(12(13,14)15,18-9(2)17)10-6-4-5-8-16-10/h3-6,8H,1,7H2,2H3. The van der Waals surface area contributed by atoms with Crippen LogP contribution in [0.5, 0.6) is 0 Å². The number of nitrogens with zero attached hydrogens (tertiary/aromatic N) is 1. The van der Waals surface area contributed by atoms with Gasteiger partial charge in [0.25, 0.3) is 5.60 Å². The van der Waals surface area contributed by atoms with Crippen LogP contribution in [-0.2, 0) is 15.1 Å². The first-order valence-corrected chi connectivity index (χ1v) is 5.12. The van der Waals surface area contributed by atoms with Gasteiger partial charge in [0, 0.05) is 19.5 Å². The lowest BCUT2D eigenvalue weighted by Crippen LogP contribution is -2.46. The number of pyridine rings is 1. The second kappa shape index (κ2) is 5.20. The lowest BCUT2D eigenvalue weighted by atomic mass is 9.93. The molecule has 1 aromatic rings. The van der Waals surface area contributed by atoms with Crippen LogP contribution >= 0.6 is 0 Å². The summed E-state index contributed by atoms with van der Waals surface area (Å²) in [5, 5.41) is 0. The van der Waals surface area contributed by atoms with Crippen molar-refractivity contribution in [2.24, 2.45) is 0 Å². The quantitative estimate of drug-likeness (QED) is 0.616. The van der Waals surface area contributed by atoms with E-state index < -0.39 is 24.2 Å². The van der Waals surface area contributed by atoms with Gasteiger partial charge in [-0.2, -0.15) is 13.2 Å². The summed E-state index contributed by atoms with van der Waals surface area (Å²) in [6, 6.07) is 4.04. The predicted octanol–water partition coefficient (Wildman–Crippen LogP) is 2.98. The molecule has 1 aromatic heterocycles. The molecule has 0 saturated carbocycles. The first-order chi connectivity index (χ1) is 8.33. The topological polar surface area (TPSA) is 39.2 Å². The zero-order chi connectivity index (χ0) is 13.8. The highest BCUT2D eigenvalue weighted by Gasteiger charge is 2.59. The van der Waals surface area contributed by atoms with Crippen molar-refractivity contribution in [3.8, 4) is 0 Å². The molecule has 0 fully saturated rings. The Morgan fingerprint density at radius 1 is 1.50 bits per heavy atom. The van der Waals surface area contributed by atoms with Crippen molar-refractivity contribution in [3.05, 3.63) is 42.7 Å². The number of hydrogen-bond acceptors (Lipinski definition) is 3. The van der Waals surface area contributed by atoms with Gasteiger partial charge in [0.1, 0.15) is 0 Å². The molecule has 0 radical (unpaired) electrons. The number of aromatic nitrogens is 1. The van der Waals surface area contributed by atoms with Crippen LogP contribution in [0.25, 0.3) is 0 Å². The normalized spacial score (nSPS) is 14.7. The van der Waals surface area contributed by atoms with Gasteiger partial charge in [0.2, 0.25) is 0 Å². The van der Waals surface area contributed by atoms with Crippen molar-refractivity contribution in [2.45, 2.75) is 25.1 Å². The molecule has 0 saturated heterocycles. The Morgan fingerprint density at radius 3 is 2.56 bits per heavy atom. The third kappa shape index (κ3) is 2.69. The Morgan fingerprint density at radius 2 is 2.17 bits per heavy atom. The van der Waals surface area contributed by atoms with Gasteiger partial charge in [-0.25, -0.2) is 0 Å². The lowest BCUT2D eigenvalue weighted by molar-refractivity contribution is -0.276. The maximum atomic E-state index is 13.2. The summed E-state index contributed by atoms with van der Waals surface area (Å²) in [4.78, 5) is 14.6. The molecule has 0 bridgehead atoms. The summed E-state index contributed by atoms with van der Waals surface area (Å²) in [7, 11) is 0. The summed E-state index contributed by atoms with van der Waals surface area (Å²) in [6.45, 7) is 4.20. The van der Waals surface area contributed by atoms with E-state index in [1.807, 2.05) is 0 Å². The van der Waals surface area contributed by atoms with Gasteiger partial charge in [-0.3, -0.25) is 9.78 Å². The van der Waals surface area contributed by atoms with E-state index >= 15 is 0 Å². The largest absolute Gasteiger partial charge is 0.443 e. The van der Waals surface area contributed by atoms with Crippen molar-refractivity contribution in [1.29, 1.82) is 0 Å². The molecule has 0 aliphatic carbocycles. The maximum absolute atomic E-state index is 13.2. The highest BCUT2D eigenvalue weighted by atomic mass is 19.4. The highest BCUT2D eigenvalue weighted by molar-refractivity contribution is 5.67. The van der Waals surface area contributed by atoms with Crippen molar-refractivity contribution in [3.63, 3.8) is 0 Å². The van der Waals surface area contributed by atoms with Gasteiger partial charge in [0.15, 0.2) is 0 Å². The maximum Gasteiger partial charge on any atom is 0.434 e. The van der Waals surface area contributed by atoms with E-state index in [0.29, 0.717) is 0 Å². The van der Waals surface area contributed by atoms with Crippen LogP contribution in [0.3, 0.4) is 0 Å². The molecule has 0 spiro atoms. The van der Waals surface area contributed by atoms with Gasteiger partial charge >= 0.3 is 12.1 Å². The predicted molar refractivity (Wildman–Crippen MR) is 58.6 cm³/mol. The van der Waals surface area contributed by atoms with Crippen LogP contribution in [0.1, 0.15) is 19.0 Å². The van der Waals surface area contributed by atoms with Crippen LogP contribution in [-0.4, -0.2) is 17.1 Å². The Kier molecular flexibility index (Phi) is 4.11. The Bertz CT molecular complexity index is 431. The van der Waals surface area contributed by atoms with E-state index in [-0.39, 0.29) is 5.69 Å². The molecule has 1 unspecified atom stereocenters. The van der Waals surface area contributed by atoms with Gasteiger partial charge < -0.3 is 4.74 Å².